The summed E-state index contributed by atoms with van der Waals surface area (Å²) in [6.45, 7) is 0.298. The van der Waals surface area contributed by atoms with Gasteiger partial charge >= 0.3 is 0 Å². The minimum atomic E-state index is 0.298. The molecule has 3 aromatic rings. The van der Waals surface area contributed by atoms with Crippen molar-refractivity contribution in [3.8, 4) is 11.5 Å². The van der Waals surface area contributed by atoms with Gasteiger partial charge < -0.3 is 14.8 Å². The van der Waals surface area contributed by atoms with E-state index in [-0.39, 0.29) is 0 Å². The quantitative estimate of drug-likeness (QED) is 0.751. The summed E-state index contributed by atoms with van der Waals surface area (Å²) in [4.78, 5) is 4.89. The van der Waals surface area contributed by atoms with E-state index in [0.717, 1.165) is 35.5 Å². The van der Waals surface area contributed by atoms with Gasteiger partial charge in [0.2, 0.25) is 6.79 Å². The van der Waals surface area contributed by atoms with E-state index in [9.17, 15) is 0 Å². The summed E-state index contributed by atoms with van der Waals surface area (Å²) in [7, 11) is 0. The molecule has 0 spiro atoms. The standard InChI is InChI=1S/C20H18N2O2/c1-3-7-16-14(5-1)20(15-6-2-4-8-17(15)22-16)21-13-9-10-18-19(11-13)24-12-23-18/h1,3,5,7,9-11H,2,4,6,8,12H2,(H,21,22). The molecule has 0 amide bonds. The first kappa shape index (κ1) is 13.7. The van der Waals surface area contributed by atoms with Gasteiger partial charge in [-0.1, -0.05) is 18.2 Å². The Kier molecular flexibility index (Phi) is 3.08. The zero-order chi connectivity index (χ0) is 15.9. The summed E-state index contributed by atoms with van der Waals surface area (Å²) in [5, 5.41) is 4.81. The first-order chi connectivity index (χ1) is 11.9. The highest BCUT2D eigenvalue weighted by atomic mass is 16.7. The van der Waals surface area contributed by atoms with E-state index in [1.165, 1.54) is 35.2 Å². The van der Waals surface area contributed by atoms with Crippen molar-refractivity contribution >= 4 is 22.3 Å². The zero-order valence-electron chi connectivity index (χ0n) is 13.3. The predicted molar refractivity (Wildman–Crippen MR) is 94.2 cm³/mol. The fourth-order valence-corrected chi connectivity index (χ4v) is 3.63. The lowest BCUT2D eigenvalue weighted by atomic mass is 9.92. The van der Waals surface area contributed by atoms with Crippen molar-refractivity contribution in [1.82, 2.24) is 4.98 Å². The third kappa shape index (κ3) is 2.18. The van der Waals surface area contributed by atoms with Gasteiger partial charge in [0.15, 0.2) is 11.5 Å². The number of aryl methyl sites for hydroxylation is 1. The maximum Gasteiger partial charge on any atom is 0.231 e. The number of aromatic nitrogens is 1. The van der Waals surface area contributed by atoms with Crippen LogP contribution in [0.5, 0.6) is 11.5 Å². The second-order valence-electron chi connectivity index (χ2n) is 6.33. The van der Waals surface area contributed by atoms with E-state index in [4.69, 9.17) is 14.5 Å². The molecule has 0 bridgehead atoms. The number of pyridine rings is 1. The van der Waals surface area contributed by atoms with Crippen molar-refractivity contribution in [3.63, 3.8) is 0 Å². The number of rotatable bonds is 2. The Morgan fingerprint density at radius 2 is 1.79 bits per heavy atom. The molecule has 0 atom stereocenters. The van der Waals surface area contributed by atoms with E-state index < -0.39 is 0 Å². The number of benzene rings is 2. The lowest BCUT2D eigenvalue weighted by molar-refractivity contribution is 0.174. The van der Waals surface area contributed by atoms with Crippen LogP contribution in [0.3, 0.4) is 0 Å². The summed E-state index contributed by atoms with van der Waals surface area (Å²) < 4.78 is 10.9. The summed E-state index contributed by atoms with van der Waals surface area (Å²) in [5.41, 5.74) is 5.86. The van der Waals surface area contributed by atoms with Crippen LogP contribution < -0.4 is 14.8 Å². The number of anilines is 2. The van der Waals surface area contributed by atoms with Crippen molar-refractivity contribution in [3.05, 3.63) is 53.7 Å². The molecule has 1 aliphatic carbocycles. The fraction of sp³-hybridized carbons (Fsp3) is 0.250. The molecule has 0 saturated heterocycles. The lowest BCUT2D eigenvalue weighted by Crippen LogP contribution is -2.09. The van der Waals surface area contributed by atoms with Crippen LogP contribution >= 0.6 is 0 Å². The van der Waals surface area contributed by atoms with E-state index in [0.29, 0.717) is 6.79 Å². The van der Waals surface area contributed by atoms with E-state index in [1.54, 1.807) is 0 Å². The van der Waals surface area contributed by atoms with Gasteiger partial charge in [0.05, 0.1) is 11.2 Å². The Morgan fingerprint density at radius 1 is 0.917 bits per heavy atom. The Bertz CT molecular complexity index is 936. The highest BCUT2D eigenvalue weighted by molar-refractivity contribution is 5.95. The van der Waals surface area contributed by atoms with Crippen molar-refractivity contribution < 1.29 is 9.47 Å². The molecule has 2 heterocycles. The normalized spacial score (nSPS) is 15.3. The molecule has 2 aliphatic rings. The molecule has 24 heavy (non-hydrogen) atoms. The fourth-order valence-electron chi connectivity index (χ4n) is 3.63. The maximum absolute atomic E-state index is 5.50. The molecule has 4 heteroatoms. The maximum atomic E-state index is 5.50. The Labute approximate surface area is 140 Å². The number of hydrogen-bond donors (Lipinski definition) is 1. The third-order valence-electron chi connectivity index (χ3n) is 4.81. The first-order valence-electron chi connectivity index (χ1n) is 8.46. The first-order valence-corrected chi connectivity index (χ1v) is 8.46. The van der Waals surface area contributed by atoms with Crippen molar-refractivity contribution in [2.24, 2.45) is 0 Å². The lowest BCUT2D eigenvalue weighted by Gasteiger charge is -2.21. The smallest absolute Gasteiger partial charge is 0.231 e. The minimum Gasteiger partial charge on any atom is -0.454 e. The number of hydrogen-bond acceptors (Lipinski definition) is 4. The van der Waals surface area contributed by atoms with Gasteiger partial charge in [-0.25, -0.2) is 0 Å². The predicted octanol–water partition coefficient (Wildman–Crippen LogP) is 4.59. The SMILES string of the molecule is c1ccc2c(Nc3ccc4c(c3)OCO4)c3c(nc2c1)CCCC3. The zero-order valence-corrected chi connectivity index (χ0v) is 13.3. The van der Waals surface area contributed by atoms with E-state index in [1.807, 2.05) is 18.2 Å². The van der Waals surface area contributed by atoms with Crippen LogP contribution in [0.15, 0.2) is 42.5 Å². The number of ether oxygens (including phenoxy) is 2. The molecule has 0 saturated carbocycles. The Morgan fingerprint density at radius 3 is 2.79 bits per heavy atom. The van der Waals surface area contributed by atoms with Crippen LogP contribution in [0.4, 0.5) is 11.4 Å². The Balaban J connectivity index is 1.65. The van der Waals surface area contributed by atoms with Crippen molar-refractivity contribution in [2.75, 3.05) is 12.1 Å². The van der Waals surface area contributed by atoms with Gasteiger partial charge in [0.1, 0.15) is 0 Å². The van der Waals surface area contributed by atoms with Gasteiger partial charge in [0.25, 0.3) is 0 Å². The number of para-hydroxylation sites is 1. The summed E-state index contributed by atoms with van der Waals surface area (Å²) >= 11 is 0. The molecule has 0 radical (unpaired) electrons. The third-order valence-corrected chi connectivity index (χ3v) is 4.81. The number of nitrogens with zero attached hydrogens (tertiary/aromatic N) is 1. The molecule has 5 rings (SSSR count). The molecule has 0 unspecified atom stereocenters. The average molecular weight is 318 g/mol. The highest BCUT2D eigenvalue weighted by Crippen LogP contribution is 2.38. The second kappa shape index (κ2) is 5.41. The largest absolute Gasteiger partial charge is 0.454 e. The Hall–Kier alpha value is -2.75. The van der Waals surface area contributed by atoms with E-state index >= 15 is 0 Å². The van der Waals surface area contributed by atoms with Gasteiger partial charge in [0, 0.05) is 22.8 Å². The molecule has 2 aromatic carbocycles. The van der Waals surface area contributed by atoms with Gasteiger partial charge in [-0.3, -0.25) is 4.98 Å². The minimum absolute atomic E-state index is 0.298. The molecule has 1 aromatic heterocycles. The summed E-state index contributed by atoms with van der Waals surface area (Å²) in [6, 6.07) is 14.4. The van der Waals surface area contributed by atoms with Crippen molar-refractivity contribution in [1.29, 1.82) is 0 Å². The van der Waals surface area contributed by atoms with E-state index in [2.05, 4.69) is 29.6 Å². The van der Waals surface area contributed by atoms with Gasteiger partial charge in [-0.2, -0.15) is 0 Å². The molecule has 120 valence electrons. The highest BCUT2D eigenvalue weighted by Gasteiger charge is 2.19. The van der Waals surface area contributed by atoms with Gasteiger partial charge in [-0.15, -0.1) is 0 Å². The van der Waals surface area contributed by atoms with Gasteiger partial charge in [-0.05, 0) is 49.4 Å². The van der Waals surface area contributed by atoms with Crippen molar-refractivity contribution in [2.45, 2.75) is 25.7 Å². The van der Waals surface area contributed by atoms with Crippen LogP contribution in [0.2, 0.25) is 0 Å². The van der Waals surface area contributed by atoms with Crippen LogP contribution in [-0.2, 0) is 12.8 Å². The average Bonchev–Trinajstić information content (AvgIpc) is 3.09. The summed E-state index contributed by atoms with van der Waals surface area (Å²) in [6.07, 6.45) is 4.60. The van der Waals surface area contributed by atoms with Crippen LogP contribution in [0, 0.1) is 0 Å². The summed E-state index contributed by atoms with van der Waals surface area (Å²) in [5.74, 6) is 1.61. The molecule has 0 fully saturated rings. The molecule has 1 aliphatic heterocycles. The topological polar surface area (TPSA) is 43.4 Å². The number of nitrogens with one attached hydrogen (secondary N) is 1. The molecular weight excluding hydrogens is 300 g/mol. The van der Waals surface area contributed by atoms with Crippen LogP contribution in [-0.4, -0.2) is 11.8 Å². The molecule has 4 nitrogen and oxygen atoms in total. The molecule has 1 N–H and O–H groups in total. The van der Waals surface area contributed by atoms with Crippen LogP contribution in [0.25, 0.3) is 10.9 Å². The number of fused-ring (bicyclic) bond motifs is 3. The second-order valence-corrected chi connectivity index (χ2v) is 6.33. The van der Waals surface area contributed by atoms with Crippen LogP contribution in [0.1, 0.15) is 24.1 Å². The molecular formula is C20H18N2O2. The monoisotopic (exact) mass is 318 g/mol.